The molecule has 0 spiro atoms. The van der Waals surface area contributed by atoms with Gasteiger partial charge < -0.3 is 26.0 Å². The lowest BCUT2D eigenvalue weighted by atomic mass is 10.1. The first-order valence-corrected chi connectivity index (χ1v) is 11.0. The van der Waals surface area contributed by atoms with Gasteiger partial charge in [-0.1, -0.05) is 13.0 Å². The van der Waals surface area contributed by atoms with E-state index in [1.165, 1.54) is 0 Å². The maximum atomic E-state index is 12.4. The Hall–Kier alpha value is -3.39. The summed E-state index contributed by atoms with van der Waals surface area (Å²) in [5.41, 5.74) is 2.51. The van der Waals surface area contributed by atoms with Crippen LogP contribution in [0.1, 0.15) is 43.0 Å². The molecule has 4 N–H and O–H groups in total. The van der Waals surface area contributed by atoms with Crippen LogP contribution in [-0.4, -0.2) is 43.5 Å². The fourth-order valence-corrected chi connectivity index (χ4v) is 3.36. The van der Waals surface area contributed by atoms with Crippen LogP contribution in [0.15, 0.2) is 48.5 Å². The summed E-state index contributed by atoms with van der Waals surface area (Å²) >= 11 is 0. The third-order valence-corrected chi connectivity index (χ3v) is 5.02. The molecule has 1 aliphatic rings. The van der Waals surface area contributed by atoms with E-state index in [0.717, 1.165) is 31.6 Å². The Balaban J connectivity index is 1.45. The number of amides is 3. The molecule has 3 amide bonds. The van der Waals surface area contributed by atoms with Crippen LogP contribution < -0.4 is 21.3 Å². The molecule has 1 fully saturated rings. The van der Waals surface area contributed by atoms with Gasteiger partial charge in [0.1, 0.15) is 0 Å². The van der Waals surface area contributed by atoms with E-state index in [9.17, 15) is 14.4 Å². The molecule has 0 radical (unpaired) electrons. The van der Waals surface area contributed by atoms with Gasteiger partial charge in [0.05, 0.1) is 12.6 Å². The minimum Gasteiger partial charge on any atom is -0.376 e. The molecule has 3 rings (SSSR count). The predicted octanol–water partition coefficient (Wildman–Crippen LogP) is 3.38. The number of carbonyl (C=O) groups excluding carboxylic acids is 3. The lowest BCUT2D eigenvalue weighted by Gasteiger charge is -2.12. The van der Waals surface area contributed by atoms with Crippen molar-refractivity contribution >= 4 is 34.8 Å². The second-order valence-corrected chi connectivity index (χ2v) is 7.70. The first-order valence-electron chi connectivity index (χ1n) is 11.0. The number of benzene rings is 2. The molecule has 1 saturated heterocycles. The summed E-state index contributed by atoms with van der Waals surface area (Å²) in [6.07, 6.45) is 3.34. The lowest BCUT2D eigenvalue weighted by molar-refractivity contribution is -0.116. The summed E-state index contributed by atoms with van der Waals surface area (Å²) in [4.78, 5) is 36.3. The molecule has 8 heteroatoms. The van der Waals surface area contributed by atoms with Gasteiger partial charge in [-0.05, 0) is 61.7 Å². The Morgan fingerprint density at radius 3 is 2.44 bits per heavy atom. The average molecular weight is 439 g/mol. The zero-order valence-corrected chi connectivity index (χ0v) is 18.3. The first-order chi connectivity index (χ1) is 15.5. The van der Waals surface area contributed by atoms with Gasteiger partial charge in [0.25, 0.3) is 5.91 Å². The molecule has 32 heavy (non-hydrogen) atoms. The molecule has 2 aromatic carbocycles. The highest BCUT2D eigenvalue weighted by molar-refractivity contribution is 5.98. The molecule has 1 unspecified atom stereocenters. The lowest BCUT2D eigenvalue weighted by Crippen LogP contribution is -2.31. The molecule has 1 heterocycles. The molecule has 0 saturated carbocycles. The Morgan fingerprint density at radius 1 is 0.969 bits per heavy atom. The molecular formula is C24H30N4O4. The molecule has 1 aliphatic heterocycles. The molecule has 170 valence electrons. The van der Waals surface area contributed by atoms with Crippen molar-refractivity contribution in [2.45, 2.75) is 38.7 Å². The number of ether oxygens (including phenoxy) is 1. The van der Waals surface area contributed by atoms with Crippen molar-refractivity contribution in [3.8, 4) is 0 Å². The van der Waals surface area contributed by atoms with E-state index in [-0.39, 0.29) is 30.4 Å². The zero-order chi connectivity index (χ0) is 22.8. The van der Waals surface area contributed by atoms with Crippen molar-refractivity contribution < 1.29 is 19.1 Å². The van der Waals surface area contributed by atoms with Gasteiger partial charge in [0.15, 0.2) is 0 Å². The van der Waals surface area contributed by atoms with E-state index in [0.29, 0.717) is 29.9 Å². The number of anilines is 3. The molecule has 0 bridgehead atoms. The minimum absolute atomic E-state index is 0.0182. The fourth-order valence-electron chi connectivity index (χ4n) is 3.36. The number of hydrogen-bond acceptors (Lipinski definition) is 5. The van der Waals surface area contributed by atoms with Gasteiger partial charge in [-0.3, -0.25) is 14.4 Å². The summed E-state index contributed by atoms with van der Waals surface area (Å²) in [5.74, 6) is -0.446. The molecule has 2 aromatic rings. The second-order valence-electron chi connectivity index (χ2n) is 7.70. The van der Waals surface area contributed by atoms with Crippen LogP contribution >= 0.6 is 0 Å². The van der Waals surface area contributed by atoms with E-state index in [2.05, 4.69) is 21.3 Å². The van der Waals surface area contributed by atoms with Crippen molar-refractivity contribution in [2.75, 3.05) is 35.6 Å². The highest BCUT2D eigenvalue weighted by atomic mass is 16.5. The molecule has 0 aliphatic carbocycles. The maximum Gasteiger partial charge on any atom is 0.251 e. The average Bonchev–Trinajstić information content (AvgIpc) is 3.31. The third kappa shape index (κ3) is 7.39. The topological polar surface area (TPSA) is 109 Å². The van der Waals surface area contributed by atoms with Crippen molar-refractivity contribution in [3.63, 3.8) is 0 Å². The van der Waals surface area contributed by atoms with E-state index in [4.69, 9.17) is 4.74 Å². The third-order valence-electron chi connectivity index (χ3n) is 5.02. The van der Waals surface area contributed by atoms with E-state index in [1.807, 2.05) is 6.92 Å². The highest BCUT2D eigenvalue weighted by Gasteiger charge is 2.17. The van der Waals surface area contributed by atoms with Crippen LogP contribution in [0.5, 0.6) is 0 Å². The fraction of sp³-hybridized carbons (Fsp3) is 0.375. The van der Waals surface area contributed by atoms with Crippen LogP contribution in [-0.2, 0) is 14.3 Å². The maximum absolute atomic E-state index is 12.4. The van der Waals surface area contributed by atoms with E-state index >= 15 is 0 Å². The van der Waals surface area contributed by atoms with Crippen LogP contribution in [0.3, 0.4) is 0 Å². The van der Waals surface area contributed by atoms with Crippen LogP contribution in [0.2, 0.25) is 0 Å². The minimum atomic E-state index is -0.234. The van der Waals surface area contributed by atoms with E-state index < -0.39 is 0 Å². The molecule has 1 atom stereocenters. The number of rotatable bonds is 10. The van der Waals surface area contributed by atoms with Gasteiger partial charge >= 0.3 is 0 Å². The highest BCUT2D eigenvalue weighted by Crippen LogP contribution is 2.15. The summed E-state index contributed by atoms with van der Waals surface area (Å²) in [6.45, 7) is 3.25. The van der Waals surface area contributed by atoms with Crippen molar-refractivity contribution in [1.82, 2.24) is 5.32 Å². The molecule has 0 aromatic heterocycles. The molecular weight excluding hydrogens is 408 g/mol. The van der Waals surface area contributed by atoms with Gasteiger partial charge in [-0.25, -0.2) is 0 Å². The van der Waals surface area contributed by atoms with Crippen LogP contribution in [0.25, 0.3) is 0 Å². The Morgan fingerprint density at radius 2 is 1.72 bits per heavy atom. The van der Waals surface area contributed by atoms with E-state index in [1.54, 1.807) is 48.5 Å². The monoisotopic (exact) mass is 438 g/mol. The summed E-state index contributed by atoms with van der Waals surface area (Å²) in [7, 11) is 0. The summed E-state index contributed by atoms with van der Waals surface area (Å²) in [5, 5.41) is 11.5. The van der Waals surface area contributed by atoms with Crippen LogP contribution in [0.4, 0.5) is 17.1 Å². The smallest absolute Gasteiger partial charge is 0.251 e. The largest absolute Gasteiger partial charge is 0.376 e. The van der Waals surface area contributed by atoms with Gasteiger partial charge in [0.2, 0.25) is 11.8 Å². The standard InChI is InChI=1S/C24H30N4O4/c1-2-5-22(29)27-19-11-9-18(10-12-19)25-16-23(30)28-20-7-3-6-17(14-20)24(31)26-15-21-8-4-13-32-21/h3,6-7,9-12,14,21,25H,2,4-5,8,13,15-16H2,1H3,(H,26,31)(H,27,29)(H,28,30). The number of carbonyl (C=O) groups is 3. The first kappa shape index (κ1) is 23.3. The number of hydrogen-bond donors (Lipinski definition) is 4. The van der Waals surface area contributed by atoms with Crippen molar-refractivity contribution in [3.05, 3.63) is 54.1 Å². The Labute approximate surface area is 188 Å². The molecule has 8 nitrogen and oxygen atoms in total. The number of nitrogens with one attached hydrogen (secondary N) is 4. The quantitative estimate of drug-likeness (QED) is 0.455. The SMILES string of the molecule is CCCC(=O)Nc1ccc(NCC(=O)Nc2cccc(C(=O)NCC3CCCO3)c2)cc1. The summed E-state index contributed by atoms with van der Waals surface area (Å²) < 4.78 is 5.51. The Kier molecular flexibility index (Phi) is 8.62. The van der Waals surface area contributed by atoms with Crippen LogP contribution in [0, 0.1) is 0 Å². The summed E-state index contributed by atoms with van der Waals surface area (Å²) in [6, 6.07) is 14.0. The van der Waals surface area contributed by atoms with Crippen molar-refractivity contribution in [1.29, 1.82) is 0 Å². The Bertz CT molecular complexity index is 924. The second kappa shape index (κ2) is 11.9. The van der Waals surface area contributed by atoms with Gasteiger partial charge in [-0.15, -0.1) is 0 Å². The van der Waals surface area contributed by atoms with Gasteiger partial charge in [-0.2, -0.15) is 0 Å². The normalized spacial score (nSPS) is 15.1. The zero-order valence-electron chi connectivity index (χ0n) is 18.3. The van der Waals surface area contributed by atoms with Gasteiger partial charge in [0, 0.05) is 42.2 Å². The van der Waals surface area contributed by atoms with Crippen molar-refractivity contribution in [2.24, 2.45) is 0 Å². The predicted molar refractivity (Wildman–Crippen MR) is 125 cm³/mol.